The van der Waals surface area contributed by atoms with E-state index in [9.17, 15) is 18.0 Å². The Kier molecular flexibility index (Phi) is 6.20. The number of carbonyl (C=O) groups excluding carboxylic acids is 2. The topological polar surface area (TPSA) is 92.8 Å². The minimum atomic E-state index is -3.68. The van der Waals surface area contributed by atoms with Crippen molar-refractivity contribution in [2.24, 2.45) is 0 Å². The van der Waals surface area contributed by atoms with Gasteiger partial charge in [0.2, 0.25) is 11.8 Å². The van der Waals surface area contributed by atoms with Crippen LogP contribution in [0.1, 0.15) is 6.42 Å². The molecule has 3 aromatic carbocycles. The summed E-state index contributed by atoms with van der Waals surface area (Å²) in [4.78, 5) is 27.4. The van der Waals surface area contributed by atoms with Crippen molar-refractivity contribution < 1.29 is 22.7 Å². The zero-order valence-electron chi connectivity index (χ0n) is 17.1. The van der Waals surface area contributed by atoms with Crippen LogP contribution in [0.25, 0.3) is 0 Å². The number of imide groups is 1. The van der Waals surface area contributed by atoms with Crippen molar-refractivity contribution in [3.8, 4) is 5.75 Å². The van der Waals surface area contributed by atoms with Crippen molar-refractivity contribution in [2.45, 2.75) is 21.5 Å². The summed E-state index contributed by atoms with van der Waals surface area (Å²) in [5.41, 5.74) is 0.918. The number of benzene rings is 3. The van der Waals surface area contributed by atoms with Gasteiger partial charge in [-0.1, -0.05) is 18.2 Å². The predicted octanol–water partition coefficient (Wildman–Crippen LogP) is 3.92. The van der Waals surface area contributed by atoms with Gasteiger partial charge in [0.15, 0.2) is 0 Å². The molecular formula is C23H20N2O5S2. The third-order valence-electron chi connectivity index (χ3n) is 4.87. The number of carbonyl (C=O) groups is 2. The maximum absolute atomic E-state index is 12.8. The largest absolute Gasteiger partial charge is 0.497 e. The number of thioether (sulfide) groups is 1. The smallest absolute Gasteiger partial charge is 0.261 e. The molecule has 1 aliphatic rings. The molecule has 0 radical (unpaired) electrons. The Bertz CT molecular complexity index is 1230. The lowest BCUT2D eigenvalue weighted by Gasteiger charge is -2.15. The molecule has 2 amide bonds. The van der Waals surface area contributed by atoms with E-state index >= 15 is 0 Å². The third-order valence-corrected chi connectivity index (χ3v) is 7.47. The predicted molar refractivity (Wildman–Crippen MR) is 123 cm³/mol. The van der Waals surface area contributed by atoms with E-state index in [1.54, 1.807) is 73.8 Å². The third kappa shape index (κ3) is 4.63. The van der Waals surface area contributed by atoms with Gasteiger partial charge in [-0.25, -0.2) is 13.3 Å². The Morgan fingerprint density at radius 3 is 2.22 bits per heavy atom. The number of sulfonamides is 1. The van der Waals surface area contributed by atoms with Crippen LogP contribution in [0.15, 0.2) is 88.7 Å². The lowest BCUT2D eigenvalue weighted by Crippen LogP contribution is -2.31. The van der Waals surface area contributed by atoms with Gasteiger partial charge in [-0.3, -0.25) is 14.3 Å². The Labute approximate surface area is 190 Å². The normalized spacial score (nSPS) is 16.3. The summed E-state index contributed by atoms with van der Waals surface area (Å²) in [7, 11) is -2.13. The average molecular weight is 469 g/mol. The molecular weight excluding hydrogens is 448 g/mol. The van der Waals surface area contributed by atoms with Crippen molar-refractivity contribution in [1.82, 2.24) is 0 Å². The van der Waals surface area contributed by atoms with E-state index < -0.39 is 15.3 Å². The fraction of sp³-hybridized carbons (Fsp3) is 0.130. The lowest BCUT2D eigenvalue weighted by molar-refractivity contribution is -0.121. The number of nitrogens with zero attached hydrogens (tertiary/aromatic N) is 1. The summed E-state index contributed by atoms with van der Waals surface area (Å²) >= 11 is 1.28. The number of amides is 2. The van der Waals surface area contributed by atoms with E-state index in [2.05, 4.69) is 4.72 Å². The Balaban J connectivity index is 1.43. The first-order valence-electron chi connectivity index (χ1n) is 9.73. The highest BCUT2D eigenvalue weighted by Gasteiger charge is 2.40. The highest BCUT2D eigenvalue weighted by molar-refractivity contribution is 8.00. The van der Waals surface area contributed by atoms with Gasteiger partial charge in [-0.05, 0) is 60.7 Å². The molecule has 164 valence electrons. The summed E-state index contributed by atoms with van der Waals surface area (Å²) < 4.78 is 32.5. The summed E-state index contributed by atoms with van der Waals surface area (Å²) in [6.45, 7) is 0. The number of ether oxygens (including phenoxy) is 1. The standard InChI is InChI=1S/C23H20N2O5S2/c1-30-18-11-9-17(10-12-18)25-22(26)15-21(23(25)27)31-19-13-7-16(8-14-19)24-32(28,29)20-5-3-2-4-6-20/h2-14,21,24H,15H2,1H3. The Morgan fingerprint density at radius 2 is 1.59 bits per heavy atom. The number of hydrogen-bond donors (Lipinski definition) is 1. The van der Waals surface area contributed by atoms with Crippen LogP contribution in [-0.2, 0) is 19.6 Å². The number of rotatable bonds is 7. The molecule has 1 saturated heterocycles. The zero-order valence-corrected chi connectivity index (χ0v) is 18.7. The number of anilines is 2. The summed E-state index contributed by atoms with van der Waals surface area (Å²) in [5, 5.41) is -0.545. The van der Waals surface area contributed by atoms with E-state index in [0.29, 0.717) is 17.1 Å². The van der Waals surface area contributed by atoms with Crippen molar-refractivity contribution in [1.29, 1.82) is 0 Å². The molecule has 1 atom stereocenters. The minimum Gasteiger partial charge on any atom is -0.497 e. The van der Waals surface area contributed by atoms with Gasteiger partial charge in [0.05, 0.1) is 22.9 Å². The molecule has 0 bridgehead atoms. The van der Waals surface area contributed by atoms with E-state index in [0.717, 1.165) is 4.90 Å². The van der Waals surface area contributed by atoms with Gasteiger partial charge in [0.25, 0.3) is 10.0 Å². The second-order valence-corrected chi connectivity index (χ2v) is 9.98. The molecule has 0 aliphatic carbocycles. The van der Waals surface area contributed by atoms with Crippen molar-refractivity contribution in [2.75, 3.05) is 16.7 Å². The monoisotopic (exact) mass is 468 g/mol. The van der Waals surface area contributed by atoms with Crippen molar-refractivity contribution in [3.63, 3.8) is 0 Å². The van der Waals surface area contributed by atoms with Gasteiger partial charge >= 0.3 is 0 Å². The maximum atomic E-state index is 12.8. The summed E-state index contributed by atoms with van der Waals surface area (Å²) in [6.07, 6.45) is 0.0952. The van der Waals surface area contributed by atoms with Crippen LogP contribution in [0.5, 0.6) is 5.75 Å². The number of nitrogens with one attached hydrogen (secondary N) is 1. The molecule has 1 heterocycles. The molecule has 32 heavy (non-hydrogen) atoms. The highest BCUT2D eigenvalue weighted by Crippen LogP contribution is 2.35. The summed E-state index contributed by atoms with van der Waals surface area (Å²) in [5.74, 6) is 0.102. The minimum absolute atomic E-state index is 0.0952. The molecule has 4 rings (SSSR count). The molecule has 0 aromatic heterocycles. The van der Waals surface area contributed by atoms with Crippen LogP contribution in [0.3, 0.4) is 0 Å². The average Bonchev–Trinajstić information content (AvgIpc) is 3.08. The van der Waals surface area contributed by atoms with Gasteiger partial charge < -0.3 is 4.74 Å². The molecule has 9 heteroatoms. The number of hydrogen-bond acceptors (Lipinski definition) is 6. The first-order chi connectivity index (χ1) is 15.4. The lowest BCUT2D eigenvalue weighted by atomic mass is 10.3. The number of methoxy groups -OCH3 is 1. The highest BCUT2D eigenvalue weighted by atomic mass is 32.2. The fourth-order valence-corrected chi connectivity index (χ4v) is 5.41. The fourth-order valence-electron chi connectivity index (χ4n) is 3.28. The molecule has 7 nitrogen and oxygen atoms in total. The Hall–Kier alpha value is -3.30. The SMILES string of the molecule is COc1ccc(N2C(=O)CC(Sc3ccc(NS(=O)(=O)c4ccccc4)cc3)C2=O)cc1. The van der Waals surface area contributed by atoms with Crippen molar-refractivity contribution >= 4 is 45.0 Å². The molecule has 0 spiro atoms. The van der Waals surface area contributed by atoms with Gasteiger partial charge in [0, 0.05) is 17.0 Å². The van der Waals surface area contributed by atoms with Crippen LogP contribution < -0.4 is 14.4 Å². The van der Waals surface area contributed by atoms with Gasteiger partial charge in [0.1, 0.15) is 5.75 Å². The second-order valence-electron chi connectivity index (χ2n) is 7.02. The van der Waals surface area contributed by atoms with Crippen LogP contribution in [0.2, 0.25) is 0 Å². The molecule has 3 aromatic rings. The summed E-state index contributed by atoms with van der Waals surface area (Å²) in [6, 6.07) is 21.6. The van der Waals surface area contributed by atoms with E-state index in [1.165, 1.54) is 28.8 Å². The van der Waals surface area contributed by atoms with Crippen LogP contribution in [0.4, 0.5) is 11.4 Å². The molecule has 1 fully saturated rings. The van der Waals surface area contributed by atoms with E-state index in [1.807, 2.05) is 0 Å². The first-order valence-corrected chi connectivity index (χ1v) is 12.1. The molecule has 1 N–H and O–H groups in total. The van der Waals surface area contributed by atoms with Gasteiger partial charge in [-0.2, -0.15) is 0 Å². The quantitative estimate of drug-likeness (QED) is 0.529. The zero-order chi connectivity index (χ0) is 22.7. The van der Waals surface area contributed by atoms with Crippen molar-refractivity contribution in [3.05, 3.63) is 78.9 Å². The Morgan fingerprint density at radius 1 is 0.938 bits per heavy atom. The molecule has 0 saturated carbocycles. The van der Waals surface area contributed by atoms with Crippen LogP contribution in [-0.4, -0.2) is 32.6 Å². The second kappa shape index (κ2) is 9.05. The van der Waals surface area contributed by atoms with Gasteiger partial charge in [-0.15, -0.1) is 11.8 Å². The molecule has 1 aliphatic heterocycles. The van der Waals surface area contributed by atoms with E-state index in [-0.39, 0.29) is 23.1 Å². The first kappa shape index (κ1) is 21.9. The van der Waals surface area contributed by atoms with Crippen LogP contribution >= 0.6 is 11.8 Å². The van der Waals surface area contributed by atoms with Crippen LogP contribution in [0, 0.1) is 0 Å². The maximum Gasteiger partial charge on any atom is 0.261 e. The van der Waals surface area contributed by atoms with E-state index in [4.69, 9.17) is 4.74 Å². The molecule has 1 unspecified atom stereocenters.